The van der Waals surface area contributed by atoms with Crippen molar-refractivity contribution in [2.75, 3.05) is 7.11 Å². The third kappa shape index (κ3) is 3.78. The van der Waals surface area contributed by atoms with Gasteiger partial charge >= 0.3 is 0 Å². The van der Waals surface area contributed by atoms with E-state index in [2.05, 4.69) is 12.1 Å². The number of phenolic OH excluding ortho intramolecular Hbond substituents is 1. The van der Waals surface area contributed by atoms with E-state index in [0.29, 0.717) is 11.1 Å². The number of ketones is 1. The molecule has 0 amide bonds. The van der Waals surface area contributed by atoms with Gasteiger partial charge in [-0.25, -0.2) is 0 Å². The SMILES string of the molecule is COC(CCCc1ccccc1)C1c2cccc(O)c2C=C2C(=O)C(O)C=CC21. The molecular formula is C25H26O4. The normalized spacial score (nSPS) is 23.9. The Morgan fingerprint density at radius 2 is 1.86 bits per heavy atom. The van der Waals surface area contributed by atoms with Gasteiger partial charge in [-0.2, -0.15) is 0 Å². The Bertz CT molecular complexity index is 945. The molecule has 29 heavy (non-hydrogen) atoms. The summed E-state index contributed by atoms with van der Waals surface area (Å²) in [6, 6.07) is 15.8. The van der Waals surface area contributed by atoms with E-state index in [0.717, 1.165) is 24.8 Å². The van der Waals surface area contributed by atoms with Crippen molar-refractivity contribution in [1.29, 1.82) is 0 Å². The lowest BCUT2D eigenvalue weighted by molar-refractivity contribution is -0.122. The molecule has 2 aromatic rings. The van der Waals surface area contributed by atoms with Crippen LogP contribution >= 0.6 is 0 Å². The van der Waals surface area contributed by atoms with Crippen molar-refractivity contribution in [2.45, 2.75) is 37.4 Å². The monoisotopic (exact) mass is 390 g/mol. The average Bonchev–Trinajstić information content (AvgIpc) is 2.74. The number of aliphatic hydroxyl groups excluding tert-OH is 1. The fourth-order valence-electron chi connectivity index (χ4n) is 4.63. The molecule has 0 spiro atoms. The first kappa shape index (κ1) is 19.6. The highest BCUT2D eigenvalue weighted by Gasteiger charge is 2.41. The number of Topliss-reactive ketones (excluding diaryl/α,β-unsaturated/α-hetero) is 1. The lowest BCUT2D eigenvalue weighted by atomic mass is 9.67. The fourth-order valence-corrected chi connectivity index (χ4v) is 4.63. The van der Waals surface area contributed by atoms with Crippen molar-refractivity contribution >= 4 is 11.9 Å². The maximum absolute atomic E-state index is 12.6. The van der Waals surface area contributed by atoms with Crippen molar-refractivity contribution in [1.82, 2.24) is 0 Å². The number of rotatable bonds is 6. The number of benzene rings is 2. The molecule has 2 aliphatic carbocycles. The highest BCUT2D eigenvalue weighted by atomic mass is 16.5. The largest absolute Gasteiger partial charge is 0.507 e. The number of fused-ring (bicyclic) bond motifs is 2. The first-order valence-corrected chi connectivity index (χ1v) is 10.1. The minimum absolute atomic E-state index is 0.0921. The molecule has 0 aliphatic heterocycles. The van der Waals surface area contributed by atoms with Gasteiger partial charge in [0.15, 0.2) is 5.78 Å². The highest BCUT2D eigenvalue weighted by Crippen LogP contribution is 2.47. The zero-order valence-electron chi connectivity index (χ0n) is 16.5. The number of carbonyl (C=O) groups excluding carboxylic acids is 1. The van der Waals surface area contributed by atoms with Crippen LogP contribution < -0.4 is 0 Å². The van der Waals surface area contributed by atoms with Crippen LogP contribution in [0, 0.1) is 5.92 Å². The van der Waals surface area contributed by atoms with Crippen LogP contribution in [0.25, 0.3) is 6.08 Å². The number of methoxy groups -OCH3 is 1. The second-order valence-electron chi connectivity index (χ2n) is 7.78. The molecule has 0 heterocycles. The van der Waals surface area contributed by atoms with Gasteiger partial charge in [0.1, 0.15) is 11.9 Å². The third-order valence-corrected chi connectivity index (χ3v) is 6.08. The van der Waals surface area contributed by atoms with Gasteiger partial charge in [0, 0.05) is 30.1 Å². The summed E-state index contributed by atoms with van der Waals surface area (Å²) in [5, 5.41) is 20.4. The van der Waals surface area contributed by atoms with Crippen LogP contribution in [0.15, 0.2) is 66.3 Å². The van der Waals surface area contributed by atoms with Gasteiger partial charge in [0.2, 0.25) is 0 Å². The zero-order chi connectivity index (χ0) is 20.4. The Kier molecular flexibility index (Phi) is 5.65. The predicted octanol–water partition coefficient (Wildman–Crippen LogP) is 4.03. The van der Waals surface area contributed by atoms with E-state index < -0.39 is 6.10 Å². The Labute approximate surface area is 171 Å². The van der Waals surface area contributed by atoms with Gasteiger partial charge in [-0.05, 0) is 42.5 Å². The molecule has 4 unspecified atom stereocenters. The summed E-state index contributed by atoms with van der Waals surface area (Å²) in [6.07, 6.45) is 6.74. The lowest BCUT2D eigenvalue weighted by Crippen LogP contribution is -2.37. The van der Waals surface area contributed by atoms with Crippen LogP contribution in [-0.2, 0) is 16.0 Å². The average molecular weight is 390 g/mol. The van der Waals surface area contributed by atoms with Crippen LogP contribution in [0.5, 0.6) is 5.75 Å². The molecule has 0 radical (unpaired) electrons. The predicted molar refractivity (Wildman–Crippen MR) is 113 cm³/mol. The van der Waals surface area contributed by atoms with Gasteiger partial charge in [0.05, 0.1) is 6.10 Å². The molecule has 2 aromatic carbocycles. The van der Waals surface area contributed by atoms with Gasteiger partial charge in [-0.1, -0.05) is 54.6 Å². The van der Waals surface area contributed by atoms with E-state index in [9.17, 15) is 15.0 Å². The van der Waals surface area contributed by atoms with Crippen molar-refractivity contribution < 1.29 is 19.7 Å². The molecule has 4 nitrogen and oxygen atoms in total. The highest BCUT2D eigenvalue weighted by molar-refractivity contribution is 6.06. The maximum Gasteiger partial charge on any atom is 0.191 e. The van der Waals surface area contributed by atoms with E-state index in [-0.39, 0.29) is 29.5 Å². The number of hydrogen-bond acceptors (Lipinski definition) is 4. The zero-order valence-corrected chi connectivity index (χ0v) is 16.5. The Hall–Kier alpha value is -2.69. The van der Waals surface area contributed by atoms with E-state index in [1.54, 1.807) is 25.3 Å². The van der Waals surface area contributed by atoms with Crippen molar-refractivity contribution in [3.8, 4) is 5.75 Å². The number of aryl methyl sites for hydroxylation is 1. The Morgan fingerprint density at radius 1 is 1.07 bits per heavy atom. The van der Waals surface area contributed by atoms with Crippen molar-refractivity contribution in [2.24, 2.45) is 5.92 Å². The molecule has 0 saturated carbocycles. The van der Waals surface area contributed by atoms with E-state index in [1.807, 2.05) is 36.4 Å². The van der Waals surface area contributed by atoms with E-state index in [1.165, 1.54) is 5.56 Å². The fraction of sp³-hybridized carbons (Fsp3) is 0.320. The smallest absolute Gasteiger partial charge is 0.191 e. The summed E-state index contributed by atoms with van der Waals surface area (Å²) in [4.78, 5) is 12.6. The minimum Gasteiger partial charge on any atom is -0.507 e. The number of allylic oxidation sites excluding steroid dienone is 1. The van der Waals surface area contributed by atoms with Gasteiger partial charge < -0.3 is 14.9 Å². The van der Waals surface area contributed by atoms with Crippen LogP contribution in [-0.4, -0.2) is 35.3 Å². The molecule has 2 aliphatic rings. The number of aromatic hydroxyl groups is 1. The van der Waals surface area contributed by atoms with Gasteiger partial charge in [-0.3, -0.25) is 4.79 Å². The Morgan fingerprint density at radius 3 is 2.62 bits per heavy atom. The molecule has 4 atom stereocenters. The summed E-state index contributed by atoms with van der Waals surface area (Å²) < 4.78 is 5.92. The number of hydrogen-bond donors (Lipinski definition) is 2. The quantitative estimate of drug-likeness (QED) is 0.731. The Balaban J connectivity index is 1.64. The van der Waals surface area contributed by atoms with Crippen molar-refractivity contribution in [3.05, 3.63) is 82.9 Å². The topological polar surface area (TPSA) is 66.8 Å². The standard InChI is InChI=1S/C25H26O4/c1-29-23(12-5-9-16-7-3-2-4-8-16)24-17-10-6-11-21(26)19(17)15-20-18(24)13-14-22(27)25(20)28/h2-4,6-8,10-11,13-15,18,22-24,26-27H,5,9,12H2,1H3. The first-order valence-electron chi connectivity index (χ1n) is 10.1. The first-order chi connectivity index (χ1) is 14.1. The summed E-state index contributed by atoms with van der Waals surface area (Å²) in [7, 11) is 1.71. The van der Waals surface area contributed by atoms with Crippen molar-refractivity contribution in [3.63, 3.8) is 0 Å². The maximum atomic E-state index is 12.6. The summed E-state index contributed by atoms with van der Waals surface area (Å²) >= 11 is 0. The summed E-state index contributed by atoms with van der Waals surface area (Å²) in [5.74, 6) is -0.405. The molecular weight excluding hydrogens is 364 g/mol. The number of phenols is 1. The molecule has 150 valence electrons. The van der Waals surface area contributed by atoms with Crippen LogP contribution in [0.1, 0.15) is 35.4 Å². The number of carbonyl (C=O) groups is 1. The van der Waals surface area contributed by atoms with Gasteiger partial charge in [-0.15, -0.1) is 0 Å². The third-order valence-electron chi connectivity index (χ3n) is 6.08. The van der Waals surface area contributed by atoms with Crippen LogP contribution in [0.4, 0.5) is 0 Å². The van der Waals surface area contributed by atoms with E-state index >= 15 is 0 Å². The summed E-state index contributed by atoms with van der Waals surface area (Å²) in [5.41, 5.74) is 3.48. The molecule has 2 N–H and O–H groups in total. The minimum atomic E-state index is -1.12. The molecule has 0 aromatic heterocycles. The molecule has 0 bridgehead atoms. The van der Waals surface area contributed by atoms with Crippen LogP contribution in [0.3, 0.4) is 0 Å². The second kappa shape index (κ2) is 8.36. The molecule has 0 saturated heterocycles. The van der Waals surface area contributed by atoms with Crippen LogP contribution in [0.2, 0.25) is 0 Å². The number of aliphatic hydroxyl groups is 1. The lowest BCUT2D eigenvalue weighted by Gasteiger charge is -2.39. The van der Waals surface area contributed by atoms with E-state index in [4.69, 9.17) is 4.74 Å². The van der Waals surface area contributed by atoms with Gasteiger partial charge in [0.25, 0.3) is 0 Å². The molecule has 4 heteroatoms. The molecule has 0 fully saturated rings. The second-order valence-corrected chi connectivity index (χ2v) is 7.78. The molecule has 4 rings (SSSR count). The number of ether oxygens (including phenoxy) is 1. The summed E-state index contributed by atoms with van der Waals surface area (Å²) in [6.45, 7) is 0.